The standard InChI is InChI=1S/C19H29N5O4S/c1-13(2)18(25)21-9-17-19(26)24-11-15(22-29(3,27)28)7-16(24)12-23(17)10-14-5-4-6-20-8-14/h4-6,8,13,15-17,22H,7,9-12H2,1-3H3,(H,21,25)/t15-,16-,17-/m0/s1. The third-order valence-corrected chi connectivity index (χ3v) is 6.11. The molecule has 3 heterocycles. The fourth-order valence-electron chi connectivity index (χ4n) is 4.01. The highest BCUT2D eigenvalue weighted by Crippen LogP contribution is 2.27. The predicted octanol–water partition coefficient (Wildman–Crippen LogP) is -0.443. The van der Waals surface area contributed by atoms with Gasteiger partial charge in [0.1, 0.15) is 6.04 Å². The summed E-state index contributed by atoms with van der Waals surface area (Å²) in [6.45, 7) is 5.35. The molecule has 2 amide bonds. The first-order valence-corrected chi connectivity index (χ1v) is 11.7. The van der Waals surface area contributed by atoms with E-state index in [9.17, 15) is 18.0 Å². The molecule has 0 aromatic carbocycles. The quantitative estimate of drug-likeness (QED) is 0.615. The van der Waals surface area contributed by atoms with Crippen molar-refractivity contribution in [3.05, 3.63) is 30.1 Å². The number of nitrogens with zero attached hydrogens (tertiary/aromatic N) is 3. The SMILES string of the molecule is CC(C)C(=O)NC[C@H]1C(=O)N2C[C@@H](NS(C)(=O)=O)C[C@H]2CN1Cc1cccnc1. The van der Waals surface area contributed by atoms with Crippen LogP contribution in [0.1, 0.15) is 25.8 Å². The zero-order chi connectivity index (χ0) is 21.2. The van der Waals surface area contributed by atoms with Gasteiger partial charge in [0.2, 0.25) is 21.8 Å². The van der Waals surface area contributed by atoms with Crippen LogP contribution in [-0.4, -0.2) is 79.0 Å². The molecule has 0 saturated carbocycles. The summed E-state index contributed by atoms with van der Waals surface area (Å²) >= 11 is 0. The molecule has 160 valence electrons. The summed E-state index contributed by atoms with van der Waals surface area (Å²) in [5.41, 5.74) is 0.984. The average Bonchev–Trinajstić information content (AvgIpc) is 3.02. The van der Waals surface area contributed by atoms with Crippen molar-refractivity contribution in [3.8, 4) is 0 Å². The lowest BCUT2D eigenvalue weighted by atomic mass is 10.0. The smallest absolute Gasteiger partial charge is 0.242 e. The van der Waals surface area contributed by atoms with Crippen LogP contribution in [0.15, 0.2) is 24.5 Å². The maximum absolute atomic E-state index is 13.2. The molecule has 2 fully saturated rings. The number of fused-ring (bicyclic) bond motifs is 1. The number of carbonyl (C=O) groups excluding carboxylic acids is 2. The van der Waals surface area contributed by atoms with Gasteiger partial charge in [-0.2, -0.15) is 0 Å². The molecule has 9 nitrogen and oxygen atoms in total. The van der Waals surface area contributed by atoms with Crippen molar-refractivity contribution < 1.29 is 18.0 Å². The van der Waals surface area contributed by atoms with Gasteiger partial charge in [-0.25, -0.2) is 13.1 Å². The number of amides is 2. The minimum Gasteiger partial charge on any atom is -0.354 e. The molecular weight excluding hydrogens is 394 g/mol. The lowest BCUT2D eigenvalue weighted by Crippen LogP contribution is -2.62. The number of pyridine rings is 1. The summed E-state index contributed by atoms with van der Waals surface area (Å²) in [5, 5.41) is 2.87. The molecule has 0 aliphatic carbocycles. The van der Waals surface area contributed by atoms with E-state index in [0.29, 0.717) is 26.1 Å². The molecule has 2 aliphatic heterocycles. The van der Waals surface area contributed by atoms with Crippen LogP contribution in [0, 0.1) is 5.92 Å². The Balaban J connectivity index is 1.77. The van der Waals surface area contributed by atoms with Crippen molar-refractivity contribution in [2.24, 2.45) is 5.92 Å². The average molecular weight is 424 g/mol. The summed E-state index contributed by atoms with van der Waals surface area (Å²) in [4.78, 5) is 33.3. The molecule has 0 spiro atoms. The maximum atomic E-state index is 13.2. The third kappa shape index (κ3) is 5.52. The molecule has 2 aliphatic rings. The van der Waals surface area contributed by atoms with Crippen LogP contribution in [0.3, 0.4) is 0 Å². The monoisotopic (exact) mass is 423 g/mol. The molecule has 0 bridgehead atoms. The summed E-state index contributed by atoms with van der Waals surface area (Å²) in [5.74, 6) is -0.338. The molecule has 2 saturated heterocycles. The number of hydrogen-bond donors (Lipinski definition) is 2. The predicted molar refractivity (Wildman–Crippen MR) is 108 cm³/mol. The minimum atomic E-state index is -3.34. The molecular formula is C19H29N5O4S. The van der Waals surface area contributed by atoms with E-state index in [1.54, 1.807) is 17.3 Å². The van der Waals surface area contributed by atoms with Gasteiger partial charge in [0.05, 0.1) is 6.26 Å². The van der Waals surface area contributed by atoms with E-state index >= 15 is 0 Å². The molecule has 0 radical (unpaired) electrons. The zero-order valence-corrected chi connectivity index (χ0v) is 17.9. The summed E-state index contributed by atoms with van der Waals surface area (Å²) in [6.07, 6.45) is 5.17. The van der Waals surface area contributed by atoms with E-state index in [0.717, 1.165) is 11.8 Å². The number of piperazine rings is 1. The first kappa shape index (κ1) is 21.7. The Labute approximate surface area is 171 Å². The van der Waals surface area contributed by atoms with Crippen molar-refractivity contribution in [1.29, 1.82) is 0 Å². The van der Waals surface area contributed by atoms with Gasteiger partial charge in [-0.1, -0.05) is 19.9 Å². The number of sulfonamides is 1. The highest BCUT2D eigenvalue weighted by atomic mass is 32.2. The van der Waals surface area contributed by atoms with E-state index in [-0.39, 0.29) is 36.4 Å². The normalized spacial score (nSPS) is 25.3. The third-order valence-electron chi connectivity index (χ3n) is 5.35. The number of carbonyl (C=O) groups is 2. The lowest BCUT2D eigenvalue weighted by molar-refractivity contribution is -0.144. The fourth-order valence-corrected chi connectivity index (χ4v) is 4.79. The molecule has 2 N–H and O–H groups in total. The summed E-state index contributed by atoms with van der Waals surface area (Å²) in [7, 11) is -3.34. The molecule has 3 rings (SSSR count). The van der Waals surface area contributed by atoms with Crippen molar-refractivity contribution in [2.75, 3.05) is 25.9 Å². The van der Waals surface area contributed by atoms with Crippen LogP contribution in [0.5, 0.6) is 0 Å². The summed E-state index contributed by atoms with van der Waals surface area (Å²) < 4.78 is 25.8. The van der Waals surface area contributed by atoms with Crippen molar-refractivity contribution in [1.82, 2.24) is 24.8 Å². The van der Waals surface area contributed by atoms with Gasteiger partial charge in [-0.05, 0) is 18.1 Å². The first-order chi connectivity index (χ1) is 13.6. The van der Waals surface area contributed by atoms with Crippen molar-refractivity contribution in [3.63, 3.8) is 0 Å². The van der Waals surface area contributed by atoms with E-state index in [2.05, 4.69) is 19.9 Å². The molecule has 29 heavy (non-hydrogen) atoms. The van der Waals surface area contributed by atoms with E-state index in [1.807, 2.05) is 26.0 Å². The Morgan fingerprint density at radius 1 is 1.34 bits per heavy atom. The van der Waals surface area contributed by atoms with E-state index in [1.165, 1.54) is 0 Å². The Morgan fingerprint density at radius 2 is 2.10 bits per heavy atom. The molecule has 1 aromatic heterocycles. The Morgan fingerprint density at radius 3 is 2.72 bits per heavy atom. The maximum Gasteiger partial charge on any atom is 0.242 e. The lowest BCUT2D eigenvalue weighted by Gasteiger charge is -2.42. The van der Waals surface area contributed by atoms with Gasteiger partial charge in [0, 0.05) is 56.6 Å². The summed E-state index contributed by atoms with van der Waals surface area (Å²) in [6, 6.07) is 2.96. The number of hydrogen-bond acceptors (Lipinski definition) is 6. The van der Waals surface area contributed by atoms with Crippen LogP contribution in [0.25, 0.3) is 0 Å². The molecule has 1 aromatic rings. The minimum absolute atomic E-state index is 0.0597. The largest absolute Gasteiger partial charge is 0.354 e. The number of nitrogens with one attached hydrogen (secondary N) is 2. The topological polar surface area (TPSA) is 112 Å². The zero-order valence-electron chi connectivity index (χ0n) is 17.0. The highest BCUT2D eigenvalue weighted by Gasteiger charge is 2.45. The van der Waals surface area contributed by atoms with Crippen LogP contribution in [0.2, 0.25) is 0 Å². The van der Waals surface area contributed by atoms with Gasteiger partial charge < -0.3 is 10.2 Å². The fraction of sp³-hybridized carbons (Fsp3) is 0.632. The molecule has 10 heteroatoms. The Hall–Kier alpha value is -2.04. The van der Waals surface area contributed by atoms with Crippen molar-refractivity contribution >= 4 is 21.8 Å². The Bertz CT molecular complexity index is 845. The van der Waals surface area contributed by atoms with Gasteiger partial charge in [0.25, 0.3) is 0 Å². The van der Waals surface area contributed by atoms with Crippen molar-refractivity contribution in [2.45, 2.75) is 44.9 Å². The number of rotatable bonds is 7. The first-order valence-electron chi connectivity index (χ1n) is 9.82. The van der Waals surface area contributed by atoms with Gasteiger partial charge in [0.15, 0.2) is 0 Å². The molecule has 0 unspecified atom stereocenters. The number of aromatic nitrogens is 1. The van der Waals surface area contributed by atoms with E-state index in [4.69, 9.17) is 0 Å². The van der Waals surface area contributed by atoms with Crippen LogP contribution in [-0.2, 0) is 26.2 Å². The van der Waals surface area contributed by atoms with Gasteiger partial charge >= 0.3 is 0 Å². The second kappa shape index (κ2) is 8.76. The second-order valence-electron chi connectivity index (χ2n) is 8.17. The van der Waals surface area contributed by atoms with Crippen LogP contribution < -0.4 is 10.0 Å². The van der Waals surface area contributed by atoms with Crippen LogP contribution in [0.4, 0.5) is 0 Å². The highest BCUT2D eigenvalue weighted by molar-refractivity contribution is 7.88. The second-order valence-corrected chi connectivity index (χ2v) is 9.95. The van der Waals surface area contributed by atoms with Gasteiger partial charge in [-0.3, -0.25) is 19.5 Å². The van der Waals surface area contributed by atoms with Crippen LogP contribution >= 0.6 is 0 Å². The Kier molecular flexibility index (Phi) is 6.55. The molecule has 3 atom stereocenters. The van der Waals surface area contributed by atoms with E-state index < -0.39 is 16.1 Å². The van der Waals surface area contributed by atoms with Gasteiger partial charge in [-0.15, -0.1) is 0 Å².